The number of carbonyl (C=O) groups excluding carboxylic acids is 1. The van der Waals surface area contributed by atoms with Crippen molar-refractivity contribution in [3.8, 4) is 11.4 Å². The monoisotopic (exact) mass is 418 g/mol. The minimum absolute atomic E-state index is 0.0128. The van der Waals surface area contributed by atoms with Gasteiger partial charge in [-0.15, -0.1) is 0 Å². The highest BCUT2D eigenvalue weighted by molar-refractivity contribution is 7.87. The molecule has 3 aromatic rings. The molecule has 0 radical (unpaired) electrons. The maximum atomic E-state index is 13.2. The fourth-order valence-corrected chi connectivity index (χ4v) is 3.32. The summed E-state index contributed by atoms with van der Waals surface area (Å²) >= 11 is 0. The third-order valence-corrected chi connectivity index (χ3v) is 4.92. The smallest absolute Gasteiger partial charge is 0.362 e. The van der Waals surface area contributed by atoms with Crippen LogP contribution in [0.15, 0.2) is 70.4 Å². The maximum absolute atomic E-state index is 13.2. The predicted molar refractivity (Wildman–Crippen MR) is 100 cm³/mol. The van der Waals surface area contributed by atoms with Gasteiger partial charge in [-0.05, 0) is 43.3 Å². The largest absolute Gasteiger partial charge is 0.461 e. The molecule has 3 rings (SSSR count). The van der Waals surface area contributed by atoms with Gasteiger partial charge in [-0.25, -0.2) is 9.18 Å². The Balaban J connectivity index is 2.11. The van der Waals surface area contributed by atoms with Gasteiger partial charge in [0.2, 0.25) is 5.69 Å². The average molecular weight is 418 g/mol. The summed E-state index contributed by atoms with van der Waals surface area (Å²) in [5, 5.41) is 3.89. The molecule has 0 spiro atoms. The molecular formula is C19H15FN2O6S. The van der Waals surface area contributed by atoms with Crippen LogP contribution < -0.4 is 9.74 Å². The number of carbonyl (C=O) groups is 1. The van der Waals surface area contributed by atoms with Gasteiger partial charge in [0.25, 0.3) is 5.56 Å². The molecule has 0 atom stereocenters. The normalized spacial score (nSPS) is 11.1. The van der Waals surface area contributed by atoms with Crippen molar-refractivity contribution in [1.29, 1.82) is 0 Å². The van der Waals surface area contributed by atoms with E-state index < -0.39 is 38.9 Å². The van der Waals surface area contributed by atoms with Crippen molar-refractivity contribution in [3.63, 3.8) is 0 Å². The Morgan fingerprint density at radius 3 is 2.38 bits per heavy atom. The second kappa shape index (κ2) is 8.23. The van der Waals surface area contributed by atoms with E-state index >= 15 is 0 Å². The number of benzene rings is 2. The fourth-order valence-electron chi connectivity index (χ4n) is 2.37. The lowest BCUT2D eigenvalue weighted by Crippen LogP contribution is -2.26. The molecular weight excluding hydrogens is 403 g/mol. The van der Waals surface area contributed by atoms with Gasteiger partial charge in [-0.2, -0.15) is 18.2 Å². The van der Waals surface area contributed by atoms with Gasteiger partial charge in [-0.1, -0.05) is 18.2 Å². The van der Waals surface area contributed by atoms with Gasteiger partial charge < -0.3 is 8.92 Å². The predicted octanol–water partition coefficient (Wildman–Crippen LogP) is 2.32. The van der Waals surface area contributed by atoms with Crippen LogP contribution in [0.5, 0.6) is 5.75 Å². The first kappa shape index (κ1) is 20.2. The molecule has 0 saturated heterocycles. The van der Waals surface area contributed by atoms with Gasteiger partial charge in [0.15, 0.2) is 5.75 Å². The van der Waals surface area contributed by atoms with Crippen LogP contribution in [0.3, 0.4) is 0 Å². The highest BCUT2D eigenvalue weighted by Gasteiger charge is 2.25. The van der Waals surface area contributed by atoms with E-state index in [4.69, 9.17) is 8.92 Å². The van der Waals surface area contributed by atoms with Gasteiger partial charge in [0.05, 0.1) is 18.4 Å². The lowest BCUT2D eigenvalue weighted by molar-refractivity contribution is 0.0515. The molecule has 150 valence electrons. The van der Waals surface area contributed by atoms with E-state index in [2.05, 4.69) is 5.10 Å². The van der Waals surface area contributed by atoms with Crippen LogP contribution in [-0.2, 0) is 14.9 Å². The molecule has 0 saturated carbocycles. The fraction of sp³-hybridized carbons (Fsp3) is 0.105. The Bertz CT molecular complexity index is 1190. The molecule has 0 unspecified atom stereocenters. The van der Waals surface area contributed by atoms with Crippen molar-refractivity contribution in [3.05, 3.63) is 82.5 Å². The number of halogens is 1. The van der Waals surface area contributed by atoms with E-state index in [0.717, 1.165) is 22.9 Å². The highest BCUT2D eigenvalue weighted by Crippen LogP contribution is 2.21. The van der Waals surface area contributed by atoms with E-state index in [-0.39, 0.29) is 17.2 Å². The molecule has 0 aliphatic rings. The summed E-state index contributed by atoms with van der Waals surface area (Å²) < 4.78 is 48.8. The Hall–Kier alpha value is -3.53. The van der Waals surface area contributed by atoms with Crippen molar-refractivity contribution < 1.29 is 26.5 Å². The first-order valence-corrected chi connectivity index (χ1v) is 9.79. The molecule has 29 heavy (non-hydrogen) atoms. The van der Waals surface area contributed by atoms with E-state index in [9.17, 15) is 22.4 Å². The van der Waals surface area contributed by atoms with Crippen LogP contribution >= 0.6 is 0 Å². The van der Waals surface area contributed by atoms with Crippen molar-refractivity contribution in [2.24, 2.45) is 0 Å². The summed E-state index contributed by atoms with van der Waals surface area (Å²) in [7, 11) is -4.33. The summed E-state index contributed by atoms with van der Waals surface area (Å²) in [4.78, 5) is 24.6. The molecule has 0 N–H and O–H groups in total. The minimum Gasteiger partial charge on any atom is -0.461 e. The summed E-state index contributed by atoms with van der Waals surface area (Å²) in [5.74, 6) is -2.08. The number of ether oxygens (including phenoxy) is 1. The highest BCUT2D eigenvalue weighted by atomic mass is 32.2. The van der Waals surface area contributed by atoms with Crippen molar-refractivity contribution >= 4 is 16.1 Å². The zero-order valence-electron chi connectivity index (χ0n) is 15.1. The molecule has 0 aliphatic heterocycles. The summed E-state index contributed by atoms with van der Waals surface area (Å²) in [6.45, 7) is 1.54. The van der Waals surface area contributed by atoms with Crippen LogP contribution in [0.4, 0.5) is 4.39 Å². The van der Waals surface area contributed by atoms with Crippen molar-refractivity contribution in [1.82, 2.24) is 9.78 Å². The molecule has 0 amide bonds. The van der Waals surface area contributed by atoms with Gasteiger partial charge in [0.1, 0.15) is 10.7 Å². The average Bonchev–Trinajstić information content (AvgIpc) is 2.69. The SMILES string of the molecule is CCOC(=O)c1nn(-c2ccc(F)cc2)c(=O)cc1OS(=O)(=O)c1ccccc1. The number of nitrogens with zero attached hydrogens (tertiary/aromatic N) is 2. The quantitative estimate of drug-likeness (QED) is 0.447. The third-order valence-electron chi connectivity index (χ3n) is 3.67. The maximum Gasteiger partial charge on any atom is 0.362 e. The second-order valence-corrected chi connectivity index (χ2v) is 7.20. The lowest BCUT2D eigenvalue weighted by atomic mass is 10.3. The number of rotatable bonds is 6. The first-order valence-electron chi connectivity index (χ1n) is 8.39. The summed E-state index contributed by atoms with van der Waals surface area (Å²) in [5.41, 5.74) is -1.14. The first-order chi connectivity index (χ1) is 13.8. The van der Waals surface area contributed by atoms with Crippen LogP contribution in [0.1, 0.15) is 17.4 Å². The third kappa shape index (κ3) is 4.49. The number of hydrogen-bond donors (Lipinski definition) is 0. The zero-order chi connectivity index (χ0) is 21.0. The standard InChI is InChI=1S/C19H15FN2O6S/c1-2-27-19(24)18-16(28-29(25,26)15-6-4-3-5-7-15)12-17(23)22(21-18)14-10-8-13(20)9-11-14/h3-12H,2H2,1H3. The molecule has 1 heterocycles. The molecule has 10 heteroatoms. The Labute approximate surface area is 165 Å². The number of aromatic nitrogens is 2. The van der Waals surface area contributed by atoms with E-state index in [1.807, 2.05) is 0 Å². The number of hydrogen-bond acceptors (Lipinski definition) is 7. The minimum atomic E-state index is -4.33. The lowest BCUT2D eigenvalue weighted by Gasteiger charge is -2.12. The summed E-state index contributed by atoms with van der Waals surface area (Å²) in [6.07, 6.45) is 0. The van der Waals surface area contributed by atoms with Gasteiger partial charge in [0, 0.05) is 0 Å². The van der Waals surface area contributed by atoms with Crippen LogP contribution in [-0.4, -0.2) is 30.8 Å². The number of esters is 1. The molecule has 2 aromatic carbocycles. The van der Waals surface area contributed by atoms with E-state index in [1.165, 1.54) is 36.4 Å². The Kier molecular flexibility index (Phi) is 5.74. The summed E-state index contributed by atoms with van der Waals surface area (Å²) in [6, 6.07) is 12.8. The Morgan fingerprint density at radius 2 is 1.76 bits per heavy atom. The van der Waals surface area contributed by atoms with E-state index in [0.29, 0.717) is 0 Å². The molecule has 0 bridgehead atoms. The van der Waals surface area contributed by atoms with Gasteiger partial charge in [-0.3, -0.25) is 4.79 Å². The van der Waals surface area contributed by atoms with Crippen LogP contribution in [0, 0.1) is 5.82 Å². The topological polar surface area (TPSA) is 105 Å². The van der Waals surface area contributed by atoms with E-state index in [1.54, 1.807) is 13.0 Å². The van der Waals surface area contributed by atoms with Crippen molar-refractivity contribution in [2.45, 2.75) is 11.8 Å². The molecule has 1 aromatic heterocycles. The Morgan fingerprint density at radius 1 is 1.10 bits per heavy atom. The molecule has 0 fully saturated rings. The molecule has 0 aliphatic carbocycles. The second-order valence-electron chi connectivity index (χ2n) is 5.65. The molecule has 8 nitrogen and oxygen atoms in total. The van der Waals surface area contributed by atoms with Gasteiger partial charge >= 0.3 is 16.1 Å². The zero-order valence-corrected chi connectivity index (χ0v) is 15.9. The van der Waals surface area contributed by atoms with Crippen LogP contribution in [0.25, 0.3) is 5.69 Å². The van der Waals surface area contributed by atoms with Crippen molar-refractivity contribution in [2.75, 3.05) is 6.61 Å². The van der Waals surface area contributed by atoms with Crippen LogP contribution in [0.2, 0.25) is 0 Å².